The maximum Gasteiger partial charge on any atom is 0.417 e. The summed E-state index contributed by atoms with van der Waals surface area (Å²) in [5, 5.41) is 8.43. The molecule has 0 atom stereocenters. The molecule has 0 saturated heterocycles. The normalized spacial score (nSPS) is 12.3. The Bertz CT molecular complexity index is 451. The summed E-state index contributed by atoms with van der Waals surface area (Å²) in [7, 11) is 0. The summed E-state index contributed by atoms with van der Waals surface area (Å²) in [5.74, 6) is 0. The van der Waals surface area contributed by atoms with Crippen molar-refractivity contribution in [2.75, 3.05) is 0 Å². The molecule has 1 rings (SSSR count). The monoisotopic (exact) mass is 253 g/mol. The van der Waals surface area contributed by atoms with E-state index in [-0.39, 0.29) is 0 Å². The van der Waals surface area contributed by atoms with E-state index in [4.69, 9.17) is 5.26 Å². The summed E-state index contributed by atoms with van der Waals surface area (Å²) < 4.78 is 73.3. The Hall–Kier alpha value is -1.71. The van der Waals surface area contributed by atoms with Gasteiger partial charge in [-0.3, -0.25) is 0 Å². The van der Waals surface area contributed by atoms with Crippen LogP contribution >= 0.6 is 0 Å². The maximum atomic E-state index is 12.4. The lowest BCUT2D eigenvalue weighted by Gasteiger charge is -2.12. The fourth-order valence-electron chi connectivity index (χ4n) is 1.26. The fourth-order valence-corrected chi connectivity index (χ4v) is 1.26. The largest absolute Gasteiger partial charge is 0.417 e. The molecule has 1 aromatic rings. The van der Waals surface area contributed by atoms with E-state index in [0.29, 0.717) is 6.07 Å². The molecule has 0 saturated carbocycles. The molecule has 0 aromatic heterocycles. The summed E-state index contributed by atoms with van der Waals surface area (Å²) in [4.78, 5) is 0. The zero-order valence-electron chi connectivity index (χ0n) is 8.15. The van der Waals surface area contributed by atoms with Crippen molar-refractivity contribution in [1.82, 2.24) is 0 Å². The molecule has 0 aliphatic carbocycles. The molecule has 17 heavy (non-hydrogen) atoms. The highest BCUT2D eigenvalue weighted by atomic mass is 19.4. The molecule has 0 N–H and O–H groups in total. The van der Waals surface area contributed by atoms with Gasteiger partial charge in [-0.25, -0.2) is 0 Å². The first-order valence-electron chi connectivity index (χ1n) is 4.30. The summed E-state index contributed by atoms with van der Waals surface area (Å²) in [6, 6.07) is 3.25. The van der Waals surface area contributed by atoms with Gasteiger partial charge in [-0.15, -0.1) is 0 Å². The first kappa shape index (κ1) is 13.4. The van der Waals surface area contributed by atoms with Crippen LogP contribution in [-0.4, -0.2) is 6.18 Å². The van der Waals surface area contributed by atoms with Crippen LogP contribution in [0.4, 0.5) is 26.3 Å². The SMILES string of the molecule is N#Cc1ccc(CC(F)(F)F)cc1C(F)(F)F. The van der Waals surface area contributed by atoms with Crippen LogP contribution in [0.15, 0.2) is 18.2 Å². The van der Waals surface area contributed by atoms with E-state index in [9.17, 15) is 26.3 Å². The second-order valence-corrected chi connectivity index (χ2v) is 3.28. The Balaban J connectivity index is 3.20. The summed E-state index contributed by atoms with van der Waals surface area (Å²) in [6.45, 7) is 0. The summed E-state index contributed by atoms with van der Waals surface area (Å²) >= 11 is 0. The lowest BCUT2D eigenvalue weighted by molar-refractivity contribution is -0.138. The molecule has 0 radical (unpaired) electrons. The second-order valence-electron chi connectivity index (χ2n) is 3.28. The highest BCUT2D eigenvalue weighted by molar-refractivity contribution is 5.42. The van der Waals surface area contributed by atoms with E-state index in [2.05, 4.69) is 0 Å². The quantitative estimate of drug-likeness (QED) is 0.700. The number of hydrogen-bond acceptors (Lipinski definition) is 1. The van der Waals surface area contributed by atoms with E-state index < -0.39 is 35.5 Å². The first-order chi connectivity index (χ1) is 7.63. The molecule has 7 heteroatoms. The zero-order chi connectivity index (χ0) is 13.3. The van der Waals surface area contributed by atoms with Crippen LogP contribution < -0.4 is 0 Å². The van der Waals surface area contributed by atoms with Gasteiger partial charge in [-0.05, 0) is 17.7 Å². The number of nitriles is 1. The predicted octanol–water partition coefficient (Wildman–Crippen LogP) is 3.68. The van der Waals surface area contributed by atoms with Gasteiger partial charge in [-0.1, -0.05) is 6.07 Å². The number of halogens is 6. The van der Waals surface area contributed by atoms with E-state index in [1.165, 1.54) is 6.07 Å². The Morgan fingerprint density at radius 1 is 1.06 bits per heavy atom. The van der Waals surface area contributed by atoms with Gasteiger partial charge in [0.15, 0.2) is 0 Å². The minimum atomic E-state index is -4.84. The topological polar surface area (TPSA) is 23.8 Å². The van der Waals surface area contributed by atoms with Crippen LogP contribution in [-0.2, 0) is 12.6 Å². The van der Waals surface area contributed by atoms with E-state index in [0.717, 1.165) is 12.1 Å². The molecular weight excluding hydrogens is 248 g/mol. The Morgan fingerprint density at radius 2 is 1.65 bits per heavy atom. The van der Waals surface area contributed by atoms with Gasteiger partial charge in [0.1, 0.15) is 0 Å². The van der Waals surface area contributed by atoms with Crippen LogP contribution in [0.2, 0.25) is 0 Å². The Morgan fingerprint density at radius 3 is 2.06 bits per heavy atom. The average Bonchev–Trinajstić information content (AvgIpc) is 2.13. The average molecular weight is 253 g/mol. The standard InChI is InChI=1S/C10H5F6N/c11-9(12,13)4-6-1-2-7(5-17)8(3-6)10(14,15)16/h1-3H,4H2. The van der Waals surface area contributed by atoms with Gasteiger partial charge < -0.3 is 0 Å². The van der Waals surface area contributed by atoms with Gasteiger partial charge >= 0.3 is 12.4 Å². The number of hydrogen-bond donors (Lipinski definition) is 0. The molecule has 0 unspecified atom stereocenters. The van der Waals surface area contributed by atoms with E-state index in [1.807, 2.05) is 0 Å². The highest BCUT2D eigenvalue weighted by Gasteiger charge is 2.35. The molecule has 0 aliphatic heterocycles. The highest BCUT2D eigenvalue weighted by Crippen LogP contribution is 2.33. The molecule has 0 fully saturated rings. The molecule has 0 bridgehead atoms. The first-order valence-corrected chi connectivity index (χ1v) is 4.30. The molecule has 1 aromatic carbocycles. The minimum Gasteiger partial charge on any atom is -0.192 e. The Labute approximate surface area is 92.3 Å². The van der Waals surface area contributed by atoms with Crippen molar-refractivity contribution in [2.24, 2.45) is 0 Å². The van der Waals surface area contributed by atoms with Gasteiger partial charge in [0.25, 0.3) is 0 Å². The summed E-state index contributed by atoms with van der Waals surface area (Å²) in [5.41, 5.74) is -2.56. The van der Waals surface area contributed by atoms with Crippen molar-refractivity contribution < 1.29 is 26.3 Å². The van der Waals surface area contributed by atoms with Gasteiger partial charge in [0.2, 0.25) is 0 Å². The van der Waals surface area contributed by atoms with E-state index >= 15 is 0 Å². The van der Waals surface area contributed by atoms with E-state index in [1.54, 1.807) is 0 Å². The van der Waals surface area contributed by atoms with Crippen LogP contribution in [0.25, 0.3) is 0 Å². The second kappa shape index (κ2) is 4.28. The van der Waals surface area contributed by atoms with Crippen LogP contribution in [0.1, 0.15) is 16.7 Å². The molecule has 92 valence electrons. The van der Waals surface area contributed by atoms with Gasteiger partial charge in [0.05, 0.1) is 23.6 Å². The van der Waals surface area contributed by atoms with Gasteiger partial charge in [-0.2, -0.15) is 31.6 Å². The zero-order valence-corrected chi connectivity index (χ0v) is 8.15. The lowest BCUT2D eigenvalue weighted by Crippen LogP contribution is -2.14. The van der Waals surface area contributed by atoms with Crippen LogP contribution in [0, 0.1) is 11.3 Å². The Kier molecular flexibility index (Phi) is 3.36. The third-order valence-electron chi connectivity index (χ3n) is 1.91. The molecule has 0 spiro atoms. The van der Waals surface area contributed by atoms with Crippen molar-refractivity contribution in [3.8, 4) is 6.07 Å². The molecular formula is C10H5F6N. The summed E-state index contributed by atoms with van der Waals surface area (Å²) in [6.07, 6.45) is -10.9. The fraction of sp³-hybridized carbons (Fsp3) is 0.300. The molecule has 0 aliphatic rings. The van der Waals surface area contributed by atoms with Crippen LogP contribution in [0.3, 0.4) is 0 Å². The number of nitrogens with zero attached hydrogens (tertiary/aromatic N) is 1. The number of alkyl halides is 6. The smallest absolute Gasteiger partial charge is 0.192 e. The van der Waals surface area contributed by atoms with Crippen molar-refractivity contribution in [1.29, 1.82) is 5.26 Å². The third-order valence-corrected chi connectivity index (χ3v) is 1.91. The number of benzene rings is 1. The molecule has 0 heterocycles. The molecule has 1 nitrogen and oxygen atoms in total. The maximum absolute atomic E-state index is 12.4. The van der Waals surface area contributed by atoms with Crippen LogP contribution in [0.5, 0.6) is 0 Å². The third kappa shape index (κ3) is 3.66. The lowest BCUT2D eigenvalue weighted by atomic mass is 10.0. The van der Waals surface area contributed by atoms with Crippen molar-refractivity contribution in [3.05, 3.63) is 34.9 Å². The van der Waals surface area contributed by atoms with Crippen molar-refractivity contribution in [3.63, 3.8) is 0 Å². The predicted molar refractivity (Wildman–Crippen MR) is 45.9 cm³/mol. The number of rotatable bonds is 1. The molecule has 0 amide bonds. The van der Waals surface area contributed by atoms with Crippen molar-refractivity contribution >= 4 is 0 Å². The van der Waals surface area contributed by atoms with Crippen molar-refractivity contribution in [2.45, 2.75) is 18.8 Å². The minimum absolute atomic E-state index is 0.353. The van der Waals surface area contributed by atoms with Gasteiger partial charge in [0, 0.05) is 0 Å².